The number of rotatable bonds is 7. The SMILES string of the molecule is Cc1ccc(NC(=O)CN(C)CC(=O)Nc2c(C#N)c(C)c(C)n2-c2cccc(F)c2)cc1. The number of likely N-dealkylation sites (N-methyl/N-ethyl adjacent to an activating group) is 1. The number of benzene rings is 2. The van der Waals surface area contributed by atoms with Crippen LogP contribution in [0.1, 0.15) is 22.4 Å². The van der Waals surface area contributed by atoms with Crippen molar-refractivity contribution in [3.63, 3.8) is 0 Å². The molecular weight excluding hydrogens is 421 g/mol. The molecule has 170 valence electrons. The van der Waals surface area contributed by atoms with Crippen molar-refractivity contribution in [2.45, 2.75) is 20.8 Å². The van der Waals surface area contributed by atoms with Crippen molar-refractivity contribution in [1.29, 1.82) is 5.26 Å². The van der Waals surface area contributed by atoms with Crippen LogP contribution in [-0.4, -0.2) is 41.4 Å². The fourth-order valence-corrected chi connectivity index (χ4v) is 3.55. The van der Waals surface area contributed by atoms with Crippen LogP contribution in [-0.2, 0) is 9.59 Å². The predicted molar refractivity (Wildman–Crippen MR) is 126 cm³/mol. The number of nitrogens with one attached hydrogen (secondary N) is 2. The van der Waals surface area contributed by atoms with Crippen LogP contribution in [0.15, 0.2) is 48.5 Å². The van der Waals surface area contributed by atoms with Crippen LogP contribution >= 0.6 is 0 Å². The number of anilines is 2. The number of carbonyl (C=O) groups excluding carboxylic acids is 2. The molecule has 1 aromatic heterocycles. The predicted octanol–water partition coefficient (Wildman–Crippen LogP) is 3.92. The van der Waals surface area contributed by atoms with Crippen LogP contribution in [0.2, 0.25) is 0 Å². The maximum Gasteiger partial charge on any atom is 0.239 e. The summed E-state index contributed by atoms with van der Waals surface area (Å²) in [7, 11) is 1.65. The fraction of sp³-hybridized carbons (Fsp3) is 0.240. The zero-order valence-corrected chi connectivity index (χ0v) is 19.1. The fourth-order valence-electron chi connectivity index (χ4n) is 3.55. The smallest absolute Gasteiger partial charge is 0.239 e. The third kappa shape index (κ3) is 5.64. The topological polar surface area (TPSA) is 90.2 Å². The van der Waals surface area contributed by atoms with Crippen molar-refractivity contribution in [2.75, 3.05) is 30.8 Å². The van der Waals surface area contributed by atoms with E-state index in [0.717, 1.165) is 11.3 Å². The molecule has 0 saturated heterocycles. The zero-order chi connectivity index (χ0) is 24.1. The Bertz CT molecular complexity index is 1220. The summed E-state index contributed by atoms with van der Waals surface area (Å²) in [6, 6.07) is 15.5. The number of aromatic nitrogens is 1. The number of hydrogen-bond acceptors (Lipinski definition) is 4. The Morgan fingerprint density at radius 2 is 1.67 bits per heavy atom. The van der Waals surface area contributed by atoms with Crippen LogP contribution in [0.3, 0.4) is 0 Å². The van der Waals surface area contributed by atoms with Crippen molar-refractivity contribution < 1.29 is 14.0 Å². The van der Waals surface area contributed by atoms with Crippen LogP contribution in [0.25, 0.3) is 5.69 Å². The van der Waals surface area contributed by atoms with Gasteiger partial charge in [0.25, 0.3) is 0 Å². The van der Waals surface area contributed by atoms with Crippen LogP contribution in [0.4, 0.5) is 15.9 Å². The van der Waals surface area contributed by atoms with Gasteiger partial charge in [0.1, 0.15) is 17.7 Å². The molecule has 0 saturated carbocycles. The van der Waals surface area contributed by atoms with E-state index in [-0.39, 0.29) is 24.8 Å². The Morgan fingerprint density at radius 3 is 2.27 bits per heavy atom. The average molecular weight is 448 g/mol. The minimum Gasteiger partial charge on any atom is -0.325 e. The van der Waals surface area contributed by atoms with E-state index in [1.807, 2.05) is 31.2 Å². The summed E-state index contributed by atoms with van der Waals surface area (Å²) < 4.78 is 15.5. The lowest BCUT2D eigenvalue weighted by Gasteiger charge is -2.17. The molecule has 0 atom stereocenters. The first-order valence-electron chi connectivity index (χ1n) is 10.4. The molecular formula is C25H26FN5O2. The van der Waals surface area contributed by atoms with E-state index in [9.17, 15) is 19.2 Å². The highest BCUT2D eigenvalue weighted by molar-refractivity contribution is 5.95. The number of carbonyl (C=O) groups is 2. The molecule has 7 nitrogen and oxygen atoms in total. The van der Waals surface area contributed by atoms with Gasteiger partial charge in [0.15, 0.2) is 0 Å². The van der Waals surface area contributed by atoms with Gasteiger partial charge in [-0.3, -0.25) is 19.1 Å². The number of aryl methyl sites for hydroxylation is 1. The van der Waals surface area contributed by atoms with Crippen molar-refractivity contribution in [3.05, 3.63) is 76.7 Å². The van der Waals surface area contributed by atoms with E-state index in [1.54, 1.807) is 42.5 Å². The molecule has 1 heterocycles. The Labute approximate surface area is 192 Å². The van der Waals surface area contributed by atoms with Gasteiger partial charge in [-0.15, -0.1) is 0 Å². The Balaban J connectivity index is 1.72. The standard InChI is InChI=1S/C25H26FN5O2/c1-16-8-10-20(11-9-16)28-23(32)14-30(4)15-24(33)29-25-22(13-27)17(2)18(3)31(25)21-7-5-6-19(26)12-21/h5-12H,14-15H2,1-4H3,(H,28,32)(H,29,33). The van der Waals surface area contributed by atoms with Crippen molar-refractivity contribution in [2.24, 2.45) is 0 Å². The summed E-state index contributed by atoms with van der Waals surface area (Å²) >= 11 is 0. The van der Waals surface area contributed by atoms with Gasteiger partial charge in [-0.1, -0.05) is 23.8 Å². The first-order chi connectivity index (χ1) is 15.7. The van der Waals surface area contributed by atoms with Crippen LogP contribution < -0.4 is 10.6 Å². The number of nitrogens with zero attached hydrogens (tertiary/aromatic N) is 3. The molecule has 0 unspecified atom stereocenters. The number of hydrogen-bond donors (Lipinski definition) is 2. The first kappa shape index (κ1) is 23.7. The minimum absolute atomic E-state index is 0.00929. The Hall–Kier alpha value is -3.96. The lowest BCUT2D eigenvalue weighted by atomic mass is 10.2. The van der Waals surface area contributed by atoms with Crippen LogP contribution in [0, 0.1) is 37.9 Å². The molecule has 0 radical (unpaired) electrons. The molecule has 0 aliphatic heterocycles. The maximum absolute atomic E-state index is 13.8. The van der Waals surface area contributed by atoms with E-state index in [0.29, 0.717) is 22.5 Å². The number of nitriles is 1. The van der Waals surface area contributed by atoms with Crippen LogP contribution in [0.5, 0.6) is 0 Å². The Kier molecular flexibility index (Phi) is 7.26. The molecule has 0 aliphatic carbocycles. The van der Waals surface area contributed by atoms with Crippen molar-refractivity contribution in [3.8, 4) is 11.8 Å². The molecule has 0 bridgehead atoms. The Morgan fingerprint density at radius 1 is 1.03 bits per heavy atom. The third-order valence-electron chi connectivity index (χ3n) is 5.31. The number of halogens is 1. The summed E-state index contributed by atoms with van der Waals surface area (Å²) in [5.74, 6) is -0.789. The van der Waals surface area contributed by atoms with Crippen molar-refractivity contribution in [1.82, 2.24) is 9.47 Å². The molecule has 3 aromatic rings. The summed E-state index contributed by atoms with van der Waals surface area (Å²) in [6.07, 6.45) is 0. The lowest BCUT2D eigenvalue weighted by molar-refractivity contribution is -0.119. The highest BCUT2D eigenvalue weighted by atomic mass is 19.1. The van der Waals surface area contributed by atoms with Gasteiger partial charge in [0, 0.05) is 11.4 Å². The first-order valence-corrected chi connectivity index (χ1v) is 10.4. The number of amides is 2. The normalized spacial score (nSPS) is 10.7. The van der Waals surface area contributed by atoms with Gasteiger partial charge in [-0.2, -0.15) is 5.26 Å². The van der Waals surface area contributed by atoms with E-state index in [1.165, 1.54) is 12.1 Å². The molecule has 0 fully saturated rings. The second-order valence-corrected chi connectivity index (χ2v) is 8.00. The van der Waals surface area contributed by atoms with E-state index in [2.05, 4.69) is 16.7 Å². The van der Waals surface area contributed by atoms with E-state index in [4.69, 9.17) is 0 Å². The van der Waals surface area contributed by atoms with Gasteiger partial charge in [-0.25, -0.2) is 4.39 Å². The molecule has 2 aromatic carbocycles. The second-order valence-electron chi connectivity index (χ2n) is 8.00. The zero-order valence-electron chi connectivity index (χ0n) is 19.1. The average Bonchev–Trinajstić information content (AvgIpc) is 2.98. The van der Waals surface area contributed by atoms with E-state index < -0.39 is 11.7 Å². The summed E-state index contributed by atoms with van der Waals surface area (Å²) in [5.41, 5.74) is 4.00. The van der Waals surface area contributed by atoms with Gasteiger partial charge in [0.2, 0.25) is 11.8 Å². The largest absolute Gasteiger partial charge is 0.325 e. The third-order valence-corrected chi connectivity index (χ3v) is 5.31. The van der Waals surface area contributed by atoms with Gasteiger partial charge in [0.05, 0.1) is 24.3 Å². The van der Waals surface area contributed by atoms with Gasteiger partial charge < -0.3 is 10.6 Å². The molecule has 2 N–H and O–H groups in total. The summed E-state index contributed by atoms with van der Waals surface area (Å²) in [6.45, 7) is 5.48. The molecule has 0 aliphatic rings. The van der Waals surface area contributed by atoms with Gasteiger partial charge in [-0.05, 0) is 63.7 Å². The lowest BCUT2D eigenvalue weighted by Crippen LogP contribution is -2.36. The maximum atomic E-state index is 13.8. The quantitative estimate of drug-likeness (QED) is 0.574. The minimum atomic E-state index is -0.423. The molecule has 3 rings (SSSR count). The molecule has 33 heavy (non-hydrogen) atoms. The highest BCUT2D eigenvalue weighted by Gasteiger charge is 2.21. The monoisotopic (exact) mass is 447 g/mol. The summed E-state index contributed by atoms with van der Waals surface area (Å²) in [4.78, 5) is 26.6. The second kappa shape index (κ2) is 10.1. The highest BCUT2D eigenvalue weighted by Crippen LogP contribution is 2.30. The van der Waals surface area contributed by atoms with Gasteiger partial charge >= 0.3 is 0 Å². The molecule has 8 heteroatoms. The van der Waals surface area contributed by atoms with Crippen molar-refractivity contribution >= 4 is 23.3 Å². The summed E-state index contributed by atoms with van der Waals surface area (Å²) in [5, 5.41) is 15.2. The molecule has 2 amide bonds. The van der Waals surface area contributed by atoms with E-state index >= 15 is 0 Å². The molecule has 0 spiro atoms.